The summed E-state index contributed by atoms with van der Waals surface area (Å²) in [6, 6.07) is 18.4. The van der Waals surface area contributed by atoms with Crippen LogP contribution in [-0.2, 0) is 31.8 Å². The van der Waals surface area contributed by atoms with Crippen molar-refractivity contribution in [3.05, 3.63) is 100 Å². The molecule has 2 unspecified atom stereocenters. The number of amides is 2. The first-order valence-corrected chi connectivity index (χ1v) is 19.0. The van der Waals surface area contributed by atoms with Gasteiger partial charge in [0.05, 0.1) is 25.5 Å². The third-order valence-corrected chi connectivity index (χ3v) is 10.6. The van der Waals surface area contributed by atoms with Crippen molar-refractivity contribution in [1.29, 1.82) is 0 Å². The summed E-state index contributed by atoms with van der Waals surface area (Å²) >= 11 is 0. The van der Waals surface area contributed by atoms with Gasteiger partial charge in [-0.1, -0.05) is 112 Å². The molecule has 55 heavy (non-hydrogen) atoms. The third-order valence-electron chi connectivity index (χ3n) is 10.6. The average Bonchev–Trinajstić information content (AvgIpc) is 3.41. The normalized spacial score (nSPS) is 13.1. The maximum Gasteiger partial charge on any atom is 0.332 e. The molecule has 0 aliphatic rings. The molecule has 1 aromatic heterocycles. The van der Waals surface area contributed by atoms with E-state index in [4.69, 9.17) is 9.47 Å². The second-order valence-corrected chi connectivity index (χ2v) is 16.4. The number of methoxy groups -OCH3 is 1. The molecule has 0 aliphatic heterocycles. The van der Waals surface area contributed by atoms with Gasteiger partial charge >= 0.3 is 5.69 Å². The minimum Gasteiger partial charge on any atom is -0.495 e. The Morgan fingerprint density at radius 3 is 2.02 bits per heavy atom. The van der Waals surface area contributed by atoms with E-state index in [0.717, 1.165) is 28.5 Å². The summed E-state index contributed by atoms with van der Waals surface area (Å²) in [4.78, 5) is 55.4. The summed E-state index contributed by atoms with van der Waals surface area (Å²) in [6.45, 7) is 20.0. The fourth-order valence-corrected chi connectivity index (χ4v) is 6.15. The predicted molar refractivity (Wildman–Crippen MR) is 217 cm³/mol. The van der Waals surface area contributed by atoms with Crippen molar-refractivity contribution in [3.8, 4) is 17.4 Å². The van der Waals surface area contributed by atoms with E-state index < -0.39 is 40.8 Å². The lowest BCUT2D eigenvalue weighted by Gasteiger charge is -2.31. The summed E-state index contributed by atoms with van der Waals surface area (Å²) in [5, 5.41) is 16.6. The summed E-state index contributed by atoms with van der Waals surface area (Å²) in [5.74, 6) is -1.49. The molecule has 0 saturated carbocycles. The van der Waals surface area contributed by atoms with Gasteiger partial charge in [0.2, 0.25) is 5.88 Å². The number of nitrogens with one attached hydrogen (secondary N) is 2. The van der Waals surface area contributed by atoms with Gasteiger partial charge in [-0.2, -0.15) is 0 Å². The molecular weight excluding hydrogens is 697 g/mol. The minimum absolute atomic E-state index is 0.0238. The van der Waals surface area contributed by atoms with Gasteiger partial charge in [-0.25, -0.2) is 9.36 Å². The Bertz CT molecular complexity index is 2050. The highest BCUT2D eigenvalue weighted by Crippen LogP contribution is 2.39. The van der Waals surface area contributed by atoms with E-state index in [0.29, 0.717) is 17.9 Å². The first-order chi connectivity index (χ1) is 25.8. The smallest absolute Gasteiger partial charge is 0.332 e. The molecule has 4 aromatic rings. The summed E-state index contributed by atoms with van der Waals surface area (Å²) in [6.07, 6.45) is 2.61. The molecule has 0 fully saturated rings. The second-order valence-electron chi connectivity index (χ2n) is 16.4. The number of ether oxygens (including phenoxy) is 2. The topological polar surface area (TPSA) is 141 Å². The highest BCUT2D eigenvalue weighted by atomic mass is 16.5. The van der Waals surface area contributed by atoms with Crippen LogP contribution in [0.1, 0.15) is 111 Å². The van der Waals surface area contributed by atoms with Crippen molar-refractivity contribution in [2.24, 2.45) is 5.41 Å². The zero-order valence-electron chi connectivity index (χ0n) is 34.2. The monoisotopic (exact) mass is 754 g/mol. The van der Waals surface area contributed by atoms with E-state index >= 15 is 0 Å². The maximum atomic E-state index is 14.1. The zero-order chi connectivity index (χ0) is 40.9. The molecular formula is C44H58N4O7. The van der Waals surface area contributed by atoms with E-state index in [9.17, 15) is 24.3 Å². The van der Waals surface area contributed by atoms with Gasteiger partial charge < -0.3 is 25.2 Å². The lowest BCUT2D eigenvalue weighted by molar-refractivity contribution is -0.135. The highest BCUT2D eigenvalue weighted by molar-refractivity contribution is 6.11. The number of hydrogen-bond acceptors (Lipinski definition) is 7. The Hall–Kier alpha value is -5.32. The van der Waals surface area contributed by atoms with E-state index in [1.165, 1.54) is 29.5 Å². The molecule has 11 heteroatoms. The number of ketones is 1. The van der Waals surface area contributed by atoms with Gasteiger partial charge in [-0.3, -0.25) is 19.0 Å². The number of aromatic hydroxyl groups is 1. The lowest BCUT2D eigenvalue weighted by Crippen LogP contribution is -2.43. The van der Waals surface area contributed by atoms with E-state index in [1.54, 1.807) is 32.9 Å². The van der Waals surface area contributed by atoms with Crippen molar-refractivity contribution in [3.63, 3.8) is 0 Å². The van der Waals surface area contributed by atoms with Crippen LogP contribution in [0.5, 0.6) is 17.4 Å². The minimum atomic E-state index is -1.72. The van der Waals surface area contributed by atoms with Gasteiger partial charge in [0.25, 0.3) is 11.8 Å². The fraction of sp³-hybridized carbons (Fsp3) is 0.455. The molecule has 3 N–H and O–H groups in total. The van der Waals surface area contributed by atoms with Crippen molar-refractivity contribution >= 4 is 29.0 Å². The quantitative estimate of drug-likeness (QED) is 0.0977. The molecule has 0 saturated heterocycles. The predicted octanol–water partition coefficient (Wildman–Crippen LogP) is 8.38. The number of carbonyl (C=O) groups excluding carboxylic acids is 3. The first kappa shape index (κ1) is 42.4. The number of hydrogen-bond donors (Lipinski definition) is 3. The molecule has 0 radical (unpaired) electrons. The second kappa shape index (κ2) is 17.0. The number of aromatic nitrogens is 2. The Labute approximate surface area is 325 Å². The number of rotatable bonds is 16. The molecule has 11 nitrogen and oxygen atoms in total. The van der Waals surface area contributed by atoms with Crippen molar-refractivity contribution in [2.45, 2.75) is 118 Å². The van der Waals surface area contributed by atoms with Crippen molar-refractivity contribution in [2.75, 3.05) is 17.7 Å². The summed E-state index contributed by atoms with van der Waals surface area (Å²) in [7, 11) is 1.42. The van der Waals surface area contributed by atoms with Gasteiger partial charge in [0.1, 0.15) is 11.5 Å². The van der Waals surface area contributed by atoms with Crippen molar-refractivity contribution < 1.29 is 29.0 Å². The molecule has 2 atom stereocenters. The number of anilines is 2. The van der Waals surface area contributed by atoms with Crippen LogP contribution in [0, 0.1) is 5.41 Å². The van der Waals surface area contributed by atoms with Crippen LogP contribution in [0.4, 0.5) is 11.4 Å². The highest BCUT2D eigenvalue weighted by Gasteiger charge is 2.39. The Morgan fingerprint density at radius 1 is 0.800 bits per heavy atom. The molecule has 4 rings (SSSR count). The zero-order valence-corrected chi connectivity index (χ0v) is 34.2. The molecule has 0 bridgehead atoms. The standard InChI is InChI=1S/C44H58N4O7/c1-12-33(55-34-22-20-29(43(7,8)13-2)24-31(34)44(9,10)14-3)39(51)45-30-21-23-35(54-11)32(25-30)46-40(52)37(38(50)42(4,5)6)48-36(49)27-47(41(48)53)26-28-18-16-15-17-19-28/h15-25,27,33,37,49H,12-14,26H2,1-11H3,(H,45,51)(H,46,52). The maximum absolute atomic E-state index is 14.1. The van der Waals surface area contributed by atoms with E-state index in [-0.39, 0.29) is 34.7 Å². The Kier molecular flexibility index (Phi) is 13.1. The fourth-order valence-electron chi connectivity index (χ4n) is 6.15. The largest absolute Gasteiger partial charge is 0.495 e. The van der Waals surface area contributed by atoms with Gasteiger partial charge in [-0.05, 0) is 65.5 Å². The summed E-state index contributed by atoms with van der Waals surface area (Å²) in [5.41, 5.74) is 1.50. The molecule has 3 aromatic carbocycles. The Balaban J connectivity index is 1.64. The van der Waals surface area contributed by atoms with Gasteiger partial charge in [-0.15, -0.1) is 0 Å². The number of benzene rings is 3. The molecule has 2 amide bonds. The van der Waals surface area contributed by atoms with Crippen LogP contribution in [0.15, 0.2) is 77.7 Å². The number of Topliss-reactive ketones (excluding diaryl/α,β-unsaturated/α-hetero) is 1. The number of carbonyl (C=O) groups is 3. The van der Waals surface area contributed by atoms with Crippen LogP contribution in [0.3, 0.4) is 0 Å². The molecule has 296 valence electrons. The number of nitrogens with zero attached hydrogens (tertiary/aromatic N) is 2. The summed E-state index contributed by atoms with van der Waals surface area (Å²) < 4.78 is 14.0. The van der Waals surface area contributed by atoms with Gasteiger partial charge in [0, 0.05) is 16.7 Å². The van der Waals surface area contributed by atoms with Crippen LogP contribution in [-0.4, -0.2) is 45.1 Å². The third kappa shape index (κ3) is 9.68. The molecule has 1 heterocycles. The van der Waals surface area contributed by atoms with Crippen LogP contribution in [0.25, 0.3) is 0 Å². The number of imidazole rings is 1. The van der Waals surface area contributed by atoms with E-state index in [1.807, 2.05) is 43.3 Å². The van der Waals surface area contributed by atoms with Crippen LogP contribution < -0.4 is 25.8 Å². The Morgan fingerprint density at radius 2 is 1.44 bits per heavy atom. The SMILES string of the molecule is CCC(Oc1ccc(C(C)(C)CC)cc1C(C)(C)CC)C(=O)Nc1ccc(OC)c(NC(=O)C(C(=O)C(C)(C)C)n2c(O)cn(Cc3ccccc3)c2=O)c1. The van der Waals surface area contributed by atoms with Crippen LogP contribution >= 0.6 is 0 Å². The van der Waals surface area contributed by atoms with Crippen LogP contribution in [0.2, 0.25) is 0 Å². The first-order valence-electron chi connectivity index (χ1n) is 19.0. The molecule has 0 aliphatic carbocycles. The van der Waals surface area contributed by atoms with Crippen molar-refractivity contribution in [1.82, 2.24) is 9.13 Å². The average molecular weight is 755 g/mol. The molecule has 0 spiro atoms. The van der Waals surface area contributed by atoms with E-state index in [2.05, 4.69) is 64.3 Å². The lowest BCUT2D eigenvalue weighted by atomic mass is 9.76. The van der Waals surface area contributed by atoms with Gasteiger partial charge in [0.15, 0.2) is 17.9 Å².